The van der Waals surface area contributed by atoms with E-state index < -0.39 is 0 Å². The van der Waals surface area contributed by atoms with E-state index in [1.807, 2.05) is 23.2 Å². The molecule has 0 bridgehead atoms. The van der Waals surface area contributed by atoms with Crippen LogP contribution in [0.15, 0.2) is 24.5 Å². The summed E-state index contributed by atoms with van der Waals surface area (Å²) in [7, 11) is 0. The maximum absolute atomic E-state index is 12.5. The van der Waals surface area contributed by atoms with Crippen LogP contribution in [0, 0.1) is 5.92 Å². The minimum atomic E-state index is 0.171. The van der Waals surface area contributed by atoms with Gasteiger partial charge in [-0.3, -0.25) is 9.78 Å². The van der Waals surface area contributed by atoms with Crippen LogP contribution in [0.25, 0.3) is 0 Å². The minimum Gasteiger partial charge on any atom is -0.372 e. The lowest BCUT2D eigenvalue weighted by atomic mass is 10.0. The summed E-state index contributed by atoms with van der Waals surface area (Å²) >= 11 is 0. The van der Waals surface area contributed by atoms with E-state index >= 15 is 0 Å². The molecule has 3 rings (SSSR count). The van der Waals surface area contributed by atoms with E-state index in [0.29, 0.717) is 12.5 Å². The number of nitrogens with zero attached hydrogens (tertiary/aromatic N) is 2. The van der Waals surface area contributed by atoms with Gasteiger partial charge in [0, 0.05) is 31.4 Å². The summed E-state index contributed by atoms with van der Waals surface area (Å²) in [6.07, 6.45) is 10.5. The monoisotopic (exact) mass is 288 g/mol. The fourth-order valence-corrected chi connectivity index (χ4v) is 3.40. The van der Waals surface area contributed by atoms with Gasteiger partial charge in [0.25, 0.3) is 0 Å². The summed E-state index contributed by atoms with van der Waals surface area (Å²) in [6, 6.07) is 3.95. The molecule has 1 saturated heterocycles. The van der Waals surface area contributed by atoms with Gasteiger partial charge in [-0.25, -0.2) is 0 Å². The molecule has 21 heavy (non-hydrogen) atoms. The van der Waals surface area contributed by atoms with Crippen molar-refractivity contribution in [2.45, 2.75) is 51.2 Å². The number of carbonyl (C=O) groups is 1. The maximum atomic E-state index is 12.5. The van der Waals surface area contributed by atoms with Crippen LogP contribution in [-0.2, 0) is 16.1 Å². The van der Waals surface area contributed by atoms with Gasteiger partial charge in [-0.05, 0) is 37.3 Å². The largest absolute Gasteiger partial charge is 0.372 e. The molecule has 1 amide bonds. The Labute approximate surface area is 126 Å². The third-order valence-corrected chi connectivity index (χ3v) is 4.60. The molecule has 1 aromatic heterocycles. The average Bonchev–Trinajstić information content (AvgIpc) is 3.08. The highest BCUT2D eigenvalue weighted by Gasteiger charge is 2.30. The SMILES string of the molecule is O=C(C1CCCC1)N1CCCC(OCc2cccnc2)C1. The van der Waals surface area contributed by atoms with Crippen molar-refractivity contribution in [3.05, 3.63) is 30.1 Å². The van der Waals surface area contributed by atoms with Crippen molar-refractivity contribution in [2.24, 2.45) is 5.92 Å². The number of carbonyl (C=O) groups excluding carboxylic acids is 1. The number of rotatable bonds is 4. The predicted octanol–water partition coefficient (Wildman–Crippen LogP) is 2.78. The molecule has 1 atom stereocenters. The van der Waals surface area contributed by atoms with Crippen LogP contribution in [0.1, 0.15) is 44.1 Å². The van der Waals surface area contributed by atoms with Crippen molar-refractivity contribution < 1.29 is 9.53 Å². The van der Waals surface area contributed by atoms with Crippen molar-refractivity contribution in [3.8, 4) is 0 Å². The fourth-order valence-electron chi connectivity index (χ4n) is 3.40. The lowest BCUT2D eigenvalue weighted by molar-refractivity contribution is -0.139. The lowest BCUT2D eigenvalue weighted by Gasteiger charge is -2.34. The van der Waals surface area contributed by atoms with Gasteiger partial charge in [-0.2, -0.15) is 0 Å². The van der Waals surface area contributed by atoms with Crippen LogP contribution in [0.3, 0.4) is 0 Å². The number of likely N-dealkylation sites (tertiary alicyclic amines) is 1. The van der Waals surface area contributed by atoms with Crippen molar-refractivity contribution in [1.82, 2.24) is 9.88 Å². The Hall–Kier alpha value is -1.42. The second-order valence-corrected chi connectivity index (χ2v) is 6.20. The zero-order valence-electron chi connectivity index (χ0n) is 12.5. The molecular formula is C17H24N2O2. The Morgan fingerprint density at radius 1 is 1.29 bits per heavy atom. The summed E-state index contributed by atoms with van der Waals surface area (Å²) in [5, 5.41) is 0. The summed E-state index contributed by atoms with van der Waals surface area (Å²) in [6.45, 7) is 2.25. The molecule has 0 spiro atoms. The van der Waals surface area contributed by atoms with Gasteiger partial charge >= 0.3 is 0 Å². The van der Waals surface area contributed by atoms with Crippen LogP contribution in [-0.4, -0.2) is 35.0 Å². The van der Waals surface area contributed by atoms with Crippen LogP contribution in [0.5, 0.6) is 0 Å². The van der Waals surface area contributed by atoms with Crippen LogP contribution < -0.4 is 0 Å². The van der Waals surface area contributed by atoms with E-state index in [0.717, 1.165) is 44.3 Å². The Kier molecular flexibility index (Phi) is 4.86. The normalized spacial score (nSPS) is 23.4. The number of pyridine rings is 1. The van der Waals surface area contributed by atoms with E-state index in [1.54, 1.807) is 6.20 Å². The van der Waals surface area contributed by atoms with Gasteiger partial charge in [0.1, 0.15) is 0 Å². The number of hydrogen-bond donors (Lipinski definition) is 0. The molecule has 2 fully saturated rings. The molecule has 1 unspecified atom stereocenters. The first kappa shape index (κ1) is 14.5. The molecule has 4 heteroatoms. The highest BCUT2D eigenvalue weighted by Crippen LogP contribution is 2.28. The van der Waals surface area contributed by atoms with Crippen LogP contribution >= 0.6 is 0 Å². The second kappa shape index (κ2) is 7.03. The number of piperidine rings is 1. The highest BCUT2D eigenvalue weighted by atomic mass is 16.5. The quantitative estimate of drug-likeness (QED) is 0.855. The first-order valence-electron chi connectivity index (χ1n) is 8.12. The lowest BCUT2D eigenvalue weighted by Crippen LogP contribution is -2.45. The number of aromatic nitrogens is 1. The molecule has 1 aromatic rings. The number of hydrogen-bond acceptors (Lipinski definition) is 3. The van der Waals surface area contributed by atoms with Crippen molar-refractivity contribution in [2.75, 3.05) is 13.1 Å². The van der Waals surface area contributed by atoms with E-state index in [9.17, 15) is 4.79 Å². The van der Waals surface area contributed by atoms with Crippen molar-refractivity contribution in [3.63, 3.8) is 0 Å². The molecule has 114 valence electrons. The second-order valence-electron chi connectivity index (χ2n) is 6.20. The molecule has 0 N–H and O–H groups in total. The zero-order valence-corrected chi connectivity index (χ0v) is 12.5. The first-order valence-corrected chi connectivity index (χ1v) is 8.12. The third kappa shape index (κ3) is 3.82. The van der Waals surface area contributed by atoms with Crippen molar-refractivity contribution >= 4 is 5.91 Å². The highest BCUT2D eigenvalue weighted by molar-refractivity contribution is 5.79. The van der Waals surface area contributed by atoms with Crippen LogP contribution in [0.2, 0.25) is 0 Å². The van der Waals surface area contributed by atoms with E-state index in [1.165, 1.54) is 12.8 Å². The van der Waals surface area contributed by atoms with Gasteiger partial charge in [-0.15, -0.1) is 0 Å². The third-order valence-electron chi connectivity index (χ3n) is 4.60. The fraction of sp³-hybridized carbons (Fsp3) is 0.647. The molecule has 0 aromatic carbocycles. The first-order chi connectivity index (χ1) is 10.3. The Morgan fingerprint density at radius 3 is 2.90 bits per heavy atom. The average molecular weight is 288 g/mol. The van der Waals surface area contributed by atoms with Crippen molar-refractivity contribution in [1.29, 1.82) is 0 Å². The van der Waals surface area contributed by atoms with Crippen LogP contribution in [0.4, 0.5) is 0 Å². The summed E-state index contributed by atoms with van der Waals surface area (Å²) in [5.41, 5.74) is 1.09. The molecule has 1 aliphatic carbocycles. The molecule has 2 heterocycles. The van der Waals surface area contributed by atoms with Gasteiger partial charge in [0.2, 0.25) is 5.91 Å². The minimum absolute atomic E-state index is 0.171. The molecule has 1 aliphatic heterocycles. The molecule has 4 nitrogen and oxygen atoms in total. The van der Waals surface area contributed by atoms with E-state index in [2.05, 4.69) is 4.98 Å². The summed E-state index contributed by atoms with van der Waals surface area (Å²) < 4.78 is 5.98. The van der Waals surface area contributed by atoms with Gasteiger partial charge in [0.15, 0.2) is 0 Å². The molecular weight excluding hydrogens is 264 g/mol. The maximum Gasteiger partial charge on any atom is 0.225 e. The summed E-state index contributed by atoms with van der Waals surface area (Å²) in [5.74, 6) is 0.643. The zero-order chi connectivity index (χ0) is 14.5. The Balaban J connectivity index is 1.49. The van der Waals surface area contributed by atoms with Gasteiger partial charge in [0.05, 0.1) is 12.7 Å². The predicted molar refractivity (Wildman–Crippen MR) is 80.6 cm³/mol. The Bertz CT molecular complexity index is 457. The van der Waals surface area contributed by atoms with Gasteiger partial charge in [-0.1, -0.05) is 18.9 Å². The number of ether oxygens (including phenoxy) is 1. The molecule has 1 saturated carbocycles. The van der Waals surface area contributed by atoms with Gasteiger partial charge < -0.3 is 9.64 Å². The standard InChI is InChI=1S/C17H24N2O2/c20-17(15-6-1-2-7-15)19-10-4-8-16(12-19)21-13-14-5-3-9-18-11-14/h3,5,9,11,15-16H,1-2,4,6-8,10,12-13H2. The smallest absolute Gasteiger partial charge is 0.225 e. The Morgan fingerprint density at radius 2 is 2.14 bits per heavy atom. The molecule has 0 radical (unpaired) electrons. The summed E-state index contributed by atoms with van der Waals surface area (Å²) in [4.78, 5) is 18.6. The van der Waals surface area contributed by atoms with E-state index in [4.69, 9.17) is 4.74 Å². The molecule has 2 aliphatic rings. The van der Waals surface area contributed by atoms with E-state index in [-0.39, 0.29) is 12.0 Å². The number of amides is 1. The topological polar surface area (TPSA) is 42.4 Å².